The highest BCUT2D eigenvalue weighted by Crippen LogP contribution is 2.40. The number of hydrogen-bond donors (Lipinski definition) is 0. The summed E-state index contributed by atoms with van der Waals surface area (Å²) in [5.41, 5.74) is 0.957. The van der Waals surface area contributed by atoms with Gasteiger partial charge < -0.3 is 9.64 Å². The molecule has 2 atom stereocenters. The molecule has 0 radical (unpaired) electrons. The van der Waals surface area contributed by atoms with Gasteiger partial charge in [-0.1, -0.05) is 13.3 Å². The quantitative estimate of drug-likeness (QED) is 0.755. The molecule has 0 fully saturated rings. The molecule has 1 aliphatic rings. The van der Waals surface area contributed by atoms with Crippen molar-refractivity contribution in [2.24, 2.45) is 0 Å². The molecule has 1 aliphatic carbocycles. The maximum Gasteiger partial charge on any atom is 0.315 e. The molecule has 4 nitrogen and oxygen atoms in total. The summed E-state index contributed by atoms with van der Waals surface area (Å²) in [6.45, 7) is 6.71. The first-order chi connectivity index (χ1) is 9.58. The van der Waals surface area contributed by atoms with Crippen LogP contribution in [0.2, 0.25) is 0 Å². The Kier molecular flexibility index (Phi) is 5.02. The van der Waals surface area contributed by atoms with E-state index >= 15 is 0 Å². The predicted molar refractivity (Wildman–Crippen MR) is 82.6 cm³/mol. The number of aryl methyl sites for hydroxylation is 1. The topological polar surface area (TPSA) is 42.4 Å². The number of nitrogens with zero attached hydrogens (tertiary/aromatic N) is 2. The van der Waals surface area contributed by atoms with Gasteiger partial charge in [0.1, 0.15) is 5.92 Å². The van der Waals surface area contributed by atoms with Gasteiger partial charge in [-0.15, -0.1) is 11.3 Å². The largest absolute Gasteiger partial charge is 0.465 e. The number of esters is 1. The van der Waals surface area contributed by atoms with Crippen molar-refractivity contribution >= 4 is 22.4 Å². The second-order valence-corrected chi connectivity index (χ2v) is 6.46. The van der Waals surface area contributed by atoms with Crippen LogP contribution in [0.25, 0.3) is 0 Å². The average molecular weight is 296 g/mol. The third-order valence-corrected chi connectivity index (χ3v) is 5.17. The molecule has 1 heterocycles. The summed E-state index contributed by atoms with van der Waals surface area (Å²) < 4.78 is 5.15. The van der Waals surface area contributed by atoms with Gasteiger partial charge in [0.25, 0.3) is 0 Å². The van der Waals surface area contributed by atoms with Gasteiger partial charge in [-0.25, -0.2) is 4.98 Å². The number of hydrogen-bond acceptors (Lipinski definition) is 5. The van der Waals surface area contributed by atoms with E-state index in [9.17, 15) is 4.79 Å². The molecule has 0 N–H and O–H groups in total. The van der Waals surface area contributed by atoms with E-state index in [0.717, 1.165) is 30.1 Å². The molecule has 0 saturated heterocycles. The van der Waals surface area contributed by atoms with Crippen LogP contribution in [-0.2, 0) is 16.0 Å². The van der Waals surface area contributed by atoms with Crippen molar-refractivity contribution in [3.8, 4) is 0 Å². The highest BCUT2D eigenvalue weighted by Gasteiger charge is 2.34. The lowest BCUT2D eigenvalue weighted by atomic mass is 10.1. The fourth-order valence-corrected chi connectivity index (χ4v) is 3.84. The minimum Gasteiger partial charge on any atom is -0.465 e. The van der Waals surface area contributed by atoms with Gasteiger partial charge in [-0.3, -0.25) is 4.79 Å². The lowest BCUT2D eigenvalue weighted by Gasteiger charge is -2.24. The van der Waals surface area contributed by atoms with Gasteiger partial charge in [-0.2, -0.15) is 0 Å². The number of aromatic nitrogens is 1. The zero-order valence-electron chi connectivity index (χ0n) is 12.8. The predicted octanol–water partition coefficient (Wildman–Crippen LogP) is 3.36. The zero-order valence-corrected chi connectivity index (χ0v) is 13.6. The molecule has 20 heavy (non-hydrogen) atoms. The fourth-order valence-electron chi connectivity index (χ4n) is 2.64. The van der Waals surface area contributed by atoms with Crippen molar-refractivity contribution in [3.63, 3.8) is 0 Å². The monoisotopic (exact) mass is 296 g/mol. The average Bonchev–Trinajstić information content (AvgIpc) is 2.97. The third-order valence-electron chi connectivity index (χ3n) is 3.95. The normalized spacial score (nSPS) is 18.7. The molecule has 1 aromatic rings. The first-order valence-corrected chi connectivity index (χ1v) is 8.29. The standard InChI is InChI=1S/C15H24N2O2S/c1-5-7-10(3)17(4)15-16-13-11(14(18)19-6-2)8-9-12(13)20-15/h10-11H,5-9H2,1-4H3. The molecule has 0 saturated carbocycles. The van der Waals surface area contributed by atoms with Crippen LogP contribution < -0.4 is 4.90 Å². The Morgan fingerprint density at radius 1 is 1.55 bits per heavy atom. The number of carbonyl (C=O) groups excluding carboxylic acids is 1. The van der Waals surface area contributed by atoms with Crippen LogP contribution in [0.4, 0.5) is 5.13 Å². The van der Waals surface area contributed by atoms with E-state index < -0.39 is 0 Å². The smallest absolute Gasteiger partial charge is 0.315 e. The molecule has 0 aliphatic heterocycles. The molecular formula is C15H24N2O2S. The number of thiazole rings is 1. The third kappa shape index (κ3) is 2.97. The minimum atomic E-state index is -0.148. The first kappa shape index (κ1) is 15.3. The molecule has 2 unspecified atom stereocenters. The van der Waals surface area contributed by atoms with Crippen LogP contribution in [0.15, 0.2) is 0 Å². The second kappa shape index (κ2) is 6.57. The summed E-state index contributed by atoms with van der Waals surface area (Å²) in [5.74, 6) is -0.266. The van der Waals surface area contributed by atoms with Crippen LogP contribution in [0.3, 0.4) is 0 Å². The molecule has 5 heteroatoms. The Bertz CT molecular complexity index is 472. The molecular weight excluding hydrogens is 272 g/mol. The Hall–Kier alpha value is -1.10. The molecule has 0 aromatic carbocycles. The highest BCUT2D eigenvalue weighted by atomic mass is 32.1. The first-order valence-electron chi connectivity index (χ1n) is 7.47. The van der Waals surface area contributed by atoms with Gasteiger partial charge in [0.2, 0.25) is 0 Å². The molecule has 0 bridgehead atoms. The van der Waals surface area contributed by atoms with E-state index in [1.807, 2.05) is 6.92 Å². The fraction of sp³-hybridized carbons (Fsp3) is 0.733. The van der Waals surface area contributed by atoms with Crippen molar-refractivity contribution in [2.75, 3.05) is 18.6 Å². The molecule has 0 amide bonds. The Labute approximate surface area is 125 Å². The Balaban J connectivity index is 2.14. The van der Waals surface area contributed by atoms with Gasteiger partial charge >= 0.3 is 5.97 Å². The minimum absolute atomic E-state index is 0.118. The number of anilines is 1. The Morgan fingerprint density at radius 3 is 2.95 bits per heavy atom. The molecule has 1 aromatic heterocycles. The summed E-state index contributed by atoms with van der Waals surface area (Å²) >= 11 is 1.73. The summed E-state index contributed by atoms with van der Waals surface area (Å²) in [6.07, 6.45) is 4.12. The highest BCUT2D eigenvalue weighted by molar-refractivity contribution is 7.15. The van der Waals surface area contributed by atoms with Crippen LogP contribution >= 0.6 is 11.3 Å². The van der Waals surface area contributed by atoms with Gasteiger partial charge in [0.05, 0.1) is 12.3 Å². The SMILES string of the molecule is CCCC(C)N(C)c1nc2c(s1)CCC2C(=O)OCC. The lowest BCUT2D eigenvalue weighted by molar-refractivity contribution is -0.145. The van der Waals surface area contributed by atoms with Gasteiger partial charge in [0, 0.05) is 18.0 Å². The van der Waals surface area contributed by atoms with E-state index in [1.165, 1.54) is 11.3 Å². The lowest BCUT2D eigenvalue weighted by Crippen LogP contribution is -2.28. The van der Waals surface area contributed by atoms with Gasteiger partial charge in [-0.05, 0) is 33.1 Å². The maximum atomic E-state index is 12.0. The van der Waals surface area contributed by atoms with Crippen LogP contribution in [-0.4, -0.2) is 30.6 Å². The van der Waals surface area contributed by atoms with Crippen molar-refractivity contribution in [3.05, 3.63) is 10.6 Å². The van der Waals surface area contributed by atoms with Crippen LogP contribution in [0, 0.1) is 0 Å². The van der Waals surface area contributed by atoms with Gasteiger partial charge in [0.15, 0.2) is 5.13 Å². The number of fused-ring (bicyclic) bond motifs is 1. The summed E-state index contributed by atoms with van der Waals surface area (Å²) in [7, 11) is 2.09. The van der Waals surface area contributed by atoms with Crippen molar-refractivity contribution in [2.45, 2.75) is 58.4 Å². The molecule has 0 spiro atoms. The van der Waals surface area contributed by atoms with Crippen LogP contribution in [0.5, 0.6) is 0 Å². The van der Waals surface area contributed by atoms with Crippen molar-refractivity contribution in [1.82, 2.24) is 4.98 Å². The van der Waals surface area contributed by atoms with E-state index in [2.05, 4.69) is 25.8 Å². The van der Waals surface area contributed by atoms with E-state index in [1.54, 1.807) is 11.3 Å². The van der Waals surface area contributed by atoms with E-state index in [0.29, 0.717) is 12.6 Å². The summed E-state index contributed by atoms with van der Waals surface area (Å²) in [5, 5.41) is 1.03. The summed E-state index contributed by atoms with van der Waals surface area (Å²) in [6, 6.07) is 0.479. The summed E-state index contributed by atoms with van der Waals surface area (Å²) in [4.78, 5) is 20.2. The van der Waals surface area contributed by atoms with Crippen molar-refractivity contribution < 1.29 is 9.53 Å². The maximum absolute atomic E-state index is 12.0. The van der Waals surface area contributed by atoms with E-state index in [4.69, 9.17) is 9.72 Å². The Morgan fingerprint density at radius 2 is 2.30 bits per heavy atom. The van der Waals surface area contributed by atoms with Crippen LogP contribution in [0.1, 0.15) is 56.5 Å². The number of rotatable bonds is 6. The zero-order chi connectivity index (χ0) is 14.7. The molecule has 112 valence electrons. The second-order valence-electron chi connectivity index (χ2n) is 5.40. The van der Waals surface area contributed by atoms with Crippen molar-refractivity contribution in [1.29, 1.82) is 0 Å². The molecule has 2 rings (SSSR count). The number of carbonyl (C=O) groups is 1. The van der Waals surface area contributed by atoms with E-state index in [-0.39, 0.29) is 11.9 Å². The number of ether oxygens (including phenoxy) is 1.